The van der Waals surface area contributed by atoms with Crippen molar-refractivity contribution in [2.24, 2.45) is 0 Å². The van der Waals surface area contributed by atoms with Crippen molar-refractivity contribution < 1.29 is 8.42 Å². The highest BCUT2D eigenvalue weighted by Gasteiger charge is 2.29. The molecule has 1 aromatic heterocycles. The van der Waals surface area contributed by atoms with E-state index in [-0.39, 0.29) is 0 Å². The van der Waals surface area contributed by atoms with E-state index in [9.17, 15) is 8.42 Å². The minimum atomic E-state index is -3.49. The zero-order chi connectivity index (χ0) is 21.3. The topological polar surface area (TPSA) is 66.4 Å². The lowest BCUT2D eigenvalue weighted by molar-refractivity contribution is 0.383. The molecular formula is C20H17Cl2IN4O2S. The van der Waals surface area contributed by atoms with Crippen LogP contribution in [0.1, 0.15) is 0 Å². The fourth-order valence-electron chi connectivity index (χ4n) is 3.25. The van der Waals surface area contributed by atoms with E-state index < -0.39 is 10.0 Å². The molecule has 30 heavy (non-hydrogen) atoms. The van der Waals surface area contributed by atoms with Gasteiger partial charge < -0.3 is 4.90 Å². The second-order valence-corrected chi connectivity index (χ2v) is 10.8. The third-order valence-corrected chi connectivity index (χ3v) is 8.05. The summed E-state index contributed by atoms with van der Waals surface area (Å²) in [5.74, 6) is 0.704. The van der Waals surface area contributed by atoms with Gasteiger partial charge in [0.15, 0.2) is 5.82 Å². The first-order valence-electron chi connectivity index (χ1n) is 9.14. The van der Waals surface area contributed by atoms with Crippen molar-refractivity contribution in [3.8, 4) is 11.3 Å². The fraction of sp³-hybridized carbons (Fsp3) is 0.200. The summed E-state index contributed by atoms with van der Waals surface area (Å²) in [5.41, 5.74) is 1.41. The molecule has 0 spiro atoms. The van der Waals surface area contributed by atoms with Gasteiger partial charge in [0.1, 0.15) is 0 Å². The van der Waals surface area contributed by atoms with Crippen LogP contribution in [0.3, 0.4) is 0 Å². The van der Waals surface area contributed by atoms with Gasteiger partial charge in [-0.1, -0.05) is 23.2 Å². The Labute approximate surface area is 199 Å². The van der Waals surface area contributed by atoms with E-state index in [4.69, 9.17) is 23.2 Å². The number of halogens is 3. The van der Waals surface area contributed by atoms with Crippen molar-refractivity contribution in [3.05, 3.63) is 68.2 Å². The van der Waals surface area contributed by atoms with Crippen LogP contribution in [0.25, 0.3) is 11.3 Å². The summed E-state index contributed by atoms with van der Waals surface area (Å²) >= 11 is 14.3. The van der Waals surface area contributed by atoms with E-state index in [2.05, 4.69) is 32.8 Å². The molecule has 2 heterocycles. The molecule has 4 rings (SSSR count). The Bertz CT molecular complexity index is 1150. The molecule has 6 nitrogen and oxygen atoms in total. The molecule has 0 aliphatic carbocycles. The number of aromatic nitrogens is 2. The SMILES string of the molecule is O=S(=O)(c1ccc(I)cc1)N1CCN(c2ccc(-c3ccc(Cl)cc3Cl)nn2)CC1. The van der Waals surface area contributed by atoms with Crippen molar-refractivity contribution in [2.45, 2.75) is 4.90 Å². The van der Waals surface area contributed by atoms with Crippen LogP contribution < -0.4 is 4.90 Å². The molecule has 2 aromatic carbocycles. The van der Waals surface area contributed by atoms with E-state index in [0.29, 0.717) is 52.6 Å². The van der Waals surface area contributed by atoms with Gasteiger partial charge in [-0.15, -0.1) is 10.2 Å². The Kier molecular flexibility index (Phi) is 6.50. The number of hydrogen-bond acceptors (Lipinski definition) is 5. The smallest absolute Gasteiger partial charge is 0.243 e. The maximum Gasteiger partial charge on any atom is 0.243 e. The van der Waals surface area contributed by atoms with E-state index in [0.717, 1.165) is 9.13 Å². The van der Waals surface area contributed by atoms with Crippen molar-refractivity contribution in [1.82, 2.24) is 14.5 Å². The van der Waals surface area contributed by atoms with Gasteiger partial charge in [-0.2, -0.15) is 4.31 Å². The van der Waals surface area contributed by atoms with Gasteiger partial charge in [0.2, 0.25) is 10.0 Å². The van der Waals surface area contributed by atoms with Crippen LogP contribution in [0.2, 0.25) is 10.0 Å². The minimum Gasteiger partial charge on any atom is -0.352 e. The number of sulfonamides is 1. The third-order valence-electron chi connectivity index (χ3n) is 4.87. The standard InChI is InChI=1S/C20H17Cl2IN4O2S/c21-14-1-6-17(18(22)13-14)19-7-8-20(25-24-19)26-9-11-27(12-10-26)30(28,29)16-4-2-15(23)3-5-16/h1-8,13H,9-12H2. The number of hydrogen-bond donors (Lipinski definition) is 0. The minimum absolute atomic E-state index is 0.320. The predicted octanol–water partition coefficient (Wildman–Crippen LogP) is 4.57. The zero-order valence-electron chi connectivity index (χ0n) is 15.7. The summed E-state index contributed by atoms with van der Waals surface area (Å²) < 4.78 is 28.2. The van der Waals surface area contributed by atoms with E-state index in [1.54, 1.807) is 36.4 Å². The van der Waals surface area contributed by atoms with E-state index in [1.807, 2.05) is 23.1 Å². The molecule has 3 aromatic rings. The maximum absolute atomic E-state index is 12.9. The summed E-state index contributed by atoms with van der Waals surface area (Å²) in [6.45, 7) is 1.86. The quantitative estimate of drug-likeness (QED) is 0.427. The summed E-state index contributed by atoms with van der Waals surface area (Å²) in [6, 6.07) is 15.9. The molecule has 0 bridgehead atoms. The molecule has 0 unspecified atom stereocenters. The monoisotopic (exact) mass is 574 g/mol. The molecule has 0 N–H and O–H groups in total. The summed E-state index contributed by atoms with van der Waals surface area (Å²) in [5, 5.41) is 9.67. The van der Waals surface area contributed by atoms with Crippen molar-refractivity contribution >= 4 is 61.6 Å². The Morgan fingerprint density at radius 2 is 1.57 bits per heavy atom. The molecule has 0 amide bonds. The average Bonchev–Trinajstić information content (AvgIpc) is 2.74. The molecule has 0 radical (unpaired) electrons. The van der Waals surface area contributed by atoms with Crippen molar-refractivity contribution in [2.75, 3.05) is 31.1 Å². The van der Waals surface area contributed by atoms with Gasteiger partial charge in [0, 0.05) is 40.3 Å². The number of anilines is 1. The summed E-state index contributed by atoms with van der Waals surface area (Å²) in [4.78, 5) is 2.35. The first kappa shape index (κ1) is 21.8. The van der Waals surface area contributed by atoms with Crippen LogP contribution in [-0.4, -0.2) is 49.1 Å². The zero-order valence-corrected chi connectivity index (χ0v) is 20.2. The number of nitrogens with zero attached hydrogens (tertiary/aromatic N) is 4. The number of rotatable bonds is 4. The van der Waals surface area contributed by atoms with E-state index >= 15 is 0 Å². The lowest BCUT2D eigenvalue weighted by atomic mass is 10.1. The molecule has 1 aliphatic heterocycles. The molecule has 1 fully saturated rings. The van der Waals surface area contributed by atoms with Gasteiger partial charge in [-0.25, -0.2) is 8.42 Å². The highest BCUT2D eigenvalue weighted by atomic mass is 127. The maximum atomic E-state index is 12.9. The highest BCUT2D eigenvalue weighted by molar-refractivity contribution is 14.1. The lowest BCUT2D eigenvalue weighted by Crippen LogP contribution is -2.49. The molecule has 1 saturated heterocycles. The molecular weight excluding hydrogens is 558 g/mol. The Balaban J connectivity index is 1.44. The van der Waals surface area contributed by atoms with Crippen LogP contribution in [0, 0.1) is 3.57 Å². The van der Waals surface area contributed by atoms with Crippen LogP contribution >= 0.6 is 45.8 Å². The number of benzene rings is 2. The summed E-state index contributed by atoms with van der Waals surface area (Å²) in [6.07, 6.45) is 0. The molecule has 0 atom stereocenters. The van der Waals surface area contributed by atoms with Crippen molar-refractivity contribution in [1.29, 1.82) is 0 Å². The Hall–Kier alpha value is -1.46. The number of piperazine rings is 1. The molecule has 0 saturated carbocycles. The largest absolute Gasteiger partial charge is 0.352 e. The highest BCUT2D eigenvalue weighted by Crippen LogP contribution is 2.29. The first-order valence-corrected chi connectivity index (χ1v) is 12.4. The van der Waals surface area contributed by atoms with E-state index in [1.165, 1.54) is 4.31 Å². The molecule has 156 valence electrons. The van der Waals surface area contributed by atoms with Gasteiger partial charge in [0.05, 0.1) is 15.6 Å². The Morgan fingerprint density at radius 1 is 0.867 bits per heavy atom. The van der Waals surface area contributed by atoms with Gasteiger partial charge in [-0.05, 0) is 77.2 Å². The average molecular weight is 575 g/mol. The van der Waals surface area contributed by atoms with Crippen LogP contribution in [0.5, 0.6) is 0 Å². The van der Waals surface area contributed by atoms with Crippen LogP contribution in [0.4, 0.5) is 5.82 Å². The predicted molar refractivity (Wildman–Crippen MR) is 128 cm³/mol. The second-order valence-electron chi connectivity index (χ2n) is 6.75. The normalized spacial score (nSPS) is 15.4. The molecule has 10 heteroatoms. The molecule has 1 aliphatic rings. The first-order chi connectivity index (χ1) is 14.3. The van der Waals surface area contributed by atoms with Gasteiger partial charge in [-0.3, -0.25) is 0 Å². The van der Waals surface area contributed by atoms with Crippen LogP contribution in [-0.2, 0) is 10.0 Å². The lowest BCUT2D eigenvalue weighted by Gasteiger charge is -2.34. The third kappa shape index (κ3) is 4.57. The van der Waals surface area contributed by atoms with Gasteiger partial charge in [0.25, 0.3) is 0 Å². The van der Waals surface area contributed by atoms with Gasteiger partial charge >= 0.3 is 0 Å². The fourth-order valence-corrected chi connectivity index (χ4v) is 5.54. The second kappa shape index (κ2) is 8.96. The Morgan fingerprint density at radius 3 is 2.17 bits per heavy atom. The summed E-state index contributed by atoms with van der Waals surface area (Å²) in [7, 11) is -3.49. The van der Waals surface area contributed by atoms with Crippen LogP contribution in [0.15, 0.2) is 59.5 Å². The van der Waals surface area contributed by atoms with Crippen molar-refractivity contribution in [3.63, 3.8) is 0 Å².